The summed E-state index contributed by atoms with van der Waals surface area (Å²) >= 11 is 0. The van der Waals surface area contributed by atoms with Crippen LogP contribution in [0.2, 0.25) is 0 Å². The van der Waals surface area contributed by atoms with Crippen LogP contribution in [0.4, 0.5) is 11.4 Å². The molecule has 8 heteroatoms. The number of anilines is 2. The van der Waals surface area contributed by atoms with E-state index in [2.05, 4.69) is 15.4 Å². The Hall–Kier alpha value is -2.87. The zero-order chi connectivity index (χ0) is 23.6. The lowest BCUT2D eigenvalue weighted by Gasteiger charge is -2.20. The average Bonchev–Trinajstić information content (AvgIpc) is 2.63. The molecule has 2 rings (SSSR count). The molecule has 31 heavy (non-hydrogen) atoms. The second-order valence-electron chi connectivity index (χ2n) is 8.86. The molecule has 0 saturated heterocycles. The molecule has 0 aliphatic carbocycles. The van der Waals surface area contributed by atoms with Crippen LogP contribution in [-0.2, 0) is 10.0 Å². The Balaban J connectivity index is 2.18. The van der Waals surface area contributed by atoms with Crippen LogP contribution in [0.25, 0.3) is 0 Å². The minimum atomic E-state index is -3.55. The highest BCUT2D eigenvalue weighted by atomic mass is 32.2. The average molecular weight is 446 g/mol. The van der Waals surface area contributed by atoms with Crippen molar-refractivity contribution in [1.29, 1.82) is 0 Å². The largest absolute Gasteiger partial charge is 0.350 e. The summed E-state index contributed by atoms with van der Waals surface area (Å²) in [6.07, 6.45) is 0. The first-order valence-corrected chi connectivity index (χ1v) is 11.6. The molecule has 168 valence electrons. The lowest BCUT2D eigenvalue weighted by molar-refractivity contribution is 0.0942. The van der Waals surface area contributed by atoms with Crippen LogP contribution < -0.4 is 15.4 Å². The summed E-state index contributed by atoms with van der Waals surface area (Å²) in [5.41, 5.74) is 3.51. The van der Waals surface area contributed by atoms with Crippen molar-refractivity contribution in [3.63, 3.8) is 0 Å². The summed E-state index contributed by atoms with van der Waals surface area (Å²) in [7, 11) is -3.55. The molecule has 0 aliphatic heterocycles. The number of aryl methyl sites for hydroxylation is 2. The molecule has 0 atom stereocenters. The van der Waals surface area contributed by atoms with Crippen LogP contribution in [0.1, 0.15) is 66.5 Å². The van der Waals surface area contributed by atoms with Crippen LogP contribution >= 0.6 is 0 Å². The van der Waals surface area contributed by atoms with E-state index in [0.717, 1.165) is 11.1 Å². The maximum absolute atomic E-state index is 12.7. The zero-order valence-electron chi connectivity index (χ0n) is 19.1. The molecule has 0 fully saturated rings. The van der Waals surface area contributed by atoms with E-state index < -0.39 is 14.8 Å². The van der Waals surface area contributed by atoms with Gasteiger partial charge in [-0.15, -0.1) is 0 Å². The summed E-state index contributed by atoms with van der Waals surface area (Å²) in [6, 6.07) is 9.74. The van der Waals surface area contributed by atoms with Crippen molar-refractivity contribution in [2.45, 2.75) is 59.3 Å². The number of carbonyl (C=O) groups is 2. The van der Waals surface area contributed by atoms with Gasteiger partial charge in [0.15, 0.2) is 0 Å². The number of hydrogen-bond donors (Lipinski definition) is 3. The molecule has 0 heterocycles. The third kappa shape index (κ3) is 6.07. The van der Waals surface area contributed by atoms with Crippen molar-refractivity contribution < 1.29 is 18.0 Å². The first-order valence-electron chi connectivity index (χ1n) is 10.1. The Bertz CT molecular complexity index is 1060. The van der Waals surface area contributed by atoms with Gasteiger partial charge in [-0.3, -0.25) is 14.3 Å². The quantitative estimate of drug-likeness (QED) is 0.619. The predicted molar refractivity (Wildman–Crippen MR) is 125 cm³/mol. The molecular weight excluding hydrogens is 414 g/mol. The standard InChI is InChI=1S/C23H31N3O4S/c1-14(2)24-22(28)18-12-15(3)20(16(4)13-18)25-21(27)17-8-10-19(11-9-17)26-31(29,30)23(5,6)7/h8-14,26H,1-7H3,(H,24,28)(H,25,27). The van der Waals surface area contributed by atoms with E-state index in [0.29, 0.717) is 22.5 Å². The van der Waals surface area contributed by atoms with Gasteiger partial charge in [-0.25, -0.2) is 8.42 Å². The summed E-state index contributed by atoms with van der Waals surface area (Å²) < 4.78 is 26.1. The minimum absolute atomic E-state index is 0.0309. The molecule has 0 spiro atoms. The topological polar surface area (TPSA) is 104 Å². The van der Waals surface area contributed by atoms with Crippen molar-refractivity contribution in [3.05, 3.63) is 58.7 Å². The molecule has 3 N–H and O–H groups in total. The van der Waals surface area contributed by atoms with Gasteiger partial charge < -0.3 is 10.6 Å². The first kappa shape index (κ1) is 24.4. The predicted octanol–water partition coefficient (Wildman–Crippen LogP) is 4.23. The summed E-state index contributed by atoms with van der Waals surface area (Å²) in [6.45, 7) is 12.3. The molecule has 0 saturated carbocycles. The molecular formula is C23H31N3O4S. The summed E-state index contributed by atoms with van der Waals surface area (Å²) in [5.74, 6) is -0.483. The van der Waals surface area contributed by atoms with Gasteiger partial charge in [0.2, 0.25) is 10.0 Å². The number of hydrogen-bond acceptors (Lipinski definition) is 4. The fraction of sp³-hybridized carbons (Fsp3) is 0.391. The molecule has 2 amide bonds. The Labute approximate surface area is 184 Å². The van der Waals surface area contributed by atoms with Crippen molar-refractivity contribution >= 4 is 33.2 Å². The zero-order valence-corrected chi connectivity index (χ0v) is 19.9. The first-order chi connectivity index (χ1) is 14.2. The highest BCUT2D eigenvalue weighted by Crippen LogP contribution is 2.24. The fourth-order valence-electron chi connectivity index (χ4n) is 2.82. The summed E-state index contributed by atoms with van der Waals surface area (Å²) in [4.78, 5) is 25.0. The van der Waals surface area contributed by atoms with Crippen molar-refractivity contribution in [2.75, 3.05) is 10.0 Å². The van der Waals surface area contributed by atoms with Crippen LogP contribution in [0.15, 0.2) is 36.4 Å². The fourth-order valence-corrected chi connectivity index (χ4v) is 3.57. The Morgan fingerprint density at radius 3 is 1.84 bits per heavy atom. The third-order valence-corrected chi connectivity index (χ3v) is 6.78. The van der Waals surface area contributed by atoms with Gasteiger partial charge >= 0.3 is 0 Å². The van der Waals surface area contributed by atoms with E-state index >= 15 is 0 Å². The van der Waals surface area contributed by atoms with Gasteiger partial charge in [0, 0.05) is 28.5 Å². The molecule has 0 bridgehead atoms. The molecule has 0 radical (unpaired) electrons. The molecule has 0 aromatic heterocycles. The second-order valence-corrected chi connectivity index (χ2v) is 11.3. The van der Waals surface area contributed by atoms with E-state index in [4.69, 9.17) is 0 Å². The molecule has 0 unspecified atom stereocenters. The maximum Gasteiger partial charge on any atom is 0.255 e. The highest BCUT2D eigenvalue weighted by Gasteiger charge is 2.28. The van der Waals surface area contributed by atoms with Crippen LogP contribution in [0.5, 0.6) is 0 Å². The number of amides is 2. The van der Waals surface area contributed by atoms with Gasteiger partial charge in [0.05, 0.1) is 4.75 Å². The van der Waals surface area contributed by atoms with E-state index in [1.807, 2.05) is 27.7 Å². The molecule has 2 aromatic rings. The van der Waals surface area contributed by atoms with E-state index in [-0.39, 0.29) is 17.9 Å². The number of nitrogens with one attached hydrogen (secondary N) is 3. The van der Waals surface area contributed by atoms with E-state index in [1.165, 1.54) is 0 Å². The number of carbonyl (C=O) groups excluding carboxylic acids is 2. The van der Waals surface area contributed by atoms with Crippen molar-refractivity contribution in [1.82, 2.24) is 5.32 Å². The normalized spacial score (nSPS) is 11.9. The van der Waals surface area contributed by atoms with Gasteiger partial charge in [-0.2, -0.15) is 0 Å². The lowest BCUT2D eigenvalue weighted by Crippen LogP contribution is -2.33. The van der Waals surface area contributed by atoms with Crippen LogP contribution in [0.3, 0.4) is 0 Å². The van der Waals surface area contributed by atoms with Gasteiger partial charge in [0.1, 0.15) is 0 Å². The SMILES string of the molecule is Cc1cc(C(=O)NC(C)C)cc(C)c1NC(=O)c1ccc(NS(=O)(=O)C(C)(C)C)cc1. The Kier molecular flexibility index (Phi) is 7.16. The van der Waals surface area contributed by atoms with Gasteiger partial charge in [0.25, 0.3) is 11.8 Å². The van der Waals surface area contributed by atoms with E-state index in [9.17, 15) is 18.0 Å². The smallest absolute Gasteiger partial charge is 0.255 e. The molecule has 0 aliphatic rings. The number of rotatable bonds is 6. The Morgan fingerprint density at radius 1 is 0.871 bits per heavy atom. The van der Waals surface area contributed by atoms with Gasteiger partial charge in [-0.1, -0.05) is 0 Å². The maximum atomic E-state index is 12.7. The summed E-state index contributed by atoms with van der Waals surface area (Å²) in [5, 5.41) is 5.74. The van der Waals surface area contributed by atoms with Crippen molar-refractivity contribution in [2.24, 2.45) is 0 Å². The second kappa shape index (κ2) is 9.09. The number of sulfonamides is 1. The van der Waals surface area contributed by atoms with Crippen LogP contribution in [0, 0.1) is 13.8 Å². The van der Waals surface area contributed by atoms with Crippen molar-refractivity contribution in [3.8, 4) is 0 Å². The minimum Gasteiger partial charge on any atom is -0.350 e. The molecule has 7 nitrogen and oxygen atoms in total. The monoisotopic (exact) mass is 445 g/mol. The third-order valence-electron chi connectivity index (χ3n) is 4.66. The lowest BCUT2D eigenvalue weighted by atomic mass is 10.0. The van der Waals surface area contributed by atoms with Crippen LogP contribution in [-0.4, -0.2) is 31.0 Å². The molecule has 2 aromatic carbocycles. The number of benzene rings is 2. The van der Waals surface area contributed by atoms with E-state index in [1.54, 1.807) is 57.2 Å². The Morgan fingerprint density at radius 2 is 1.39 bits per heavy atom. The highest BCUT2D eigenvalue weighted by molar-refractivity contribution is 7.94. The van der Waals surface area contributed by atoms with Gasteiger partial charge in [-0.05, 0) is 96.0 Å².